The van der Waals surface area contributed by atoms with Gasteiger partial charge in [-0.25, -0.2) is 4.98 Å². The number of nitrogens with two attached hydrogens (primary N) is 1. The van der Waals surface area contributed by atoms with Gasteiger partial charge in [0.25, 0.3) is 0 Å². The van der Waals surface area contributed by atoms with Crippen molar-refractivity contribution in [3.05, 3.63) is 45.7 Å². The summed E-state index contributed by atoms with van der Waals surface area (Å²) >= 11 is 1.68. The van der Waals surface area contributed by atoms with Crippen LogP contribution in [0.3, 0.4) is 0 Å². The highest BCUT2D eigenvalue weighted by molar-refractivity contribution is 7.09. The standard InChI is InChI=1S/C13H17N3OS/c1-10-13(18-9-16-10)4-6-17-8-12-11(7-14)3-2-5-15-12/h2-3,5,9H,4,6-8,14H2,1H3. The van der Waals surface area contributed by atoms with Gasteiger partial charge in [-0.3, -0.25) is 4.98 Å². The van der Waals surface area contributed by atoms with Gasteiger partial charge in [0.2, 0.25) is 0 Å². The lowest BCUT2D eigenvalue weighted by atomic mass is 10.2. The van der Waals surface area contributed by atoms with Gasteiger partial charge in [-0.05, 0) is 18.6 Å². The molecule has 2 rings (SSSR count). The molecule has 0 unspecified atom stereocenters. The van der Waals surface area contributed by atoms with Crippen molar-refractivity contribution in [2.75, 3.05) is 6.61 Å². The second-order valence-electron chi connectivity index (χ2n) is 3.98. The smallest absolute Gasteiger partial charge is 0.0891 e. The van der Waals surface area contributed by atoms with Crippen molar-refractivity contribution in [1.82, 2.24) is 9.97 Å². The van der Waals surface area contributed by atoms with E-state index >= 15 is 0 Å². The Morgan fingerprint density at radius 1 is 1.39 bits per heavy atom. The normalized spacial score (nSPS) is 10.8. The summed E-state index contributed by atoms with van der Waals surface area (Å²) in [5.41, 5.74) is 10.6. The molecule has 0 saturated heterocycles. The summed E-state index contributed by atoms with van der Waals surface area (Å²) in [6, 6.07) is 3.88. The second-order valence-corrected chi connectivity index (χ2v) is 4.92. The Labute approximate surface area is 111 Å². The van der Waals surface area contributed by atoms with E-state index in [1.165, 1.54) is 4.88 Å². The number of rotatable bonds is 6. The maximum atomic E-state index is 5.65. The fourth-order valence-electron chi connectivity index (χ4n) is 1.69. The summed E-state index contributed by atoms with van der Waals surface area (Å²) in [5, 5.41) is 0. The first-order valence-electron chi connectivity index (χ1n) is 5.91. The molecule has 0 bridgehead atoms. The van der Waals surface area contributed by atoms with Gasteiger partial charge in [0.05, 0.1) is 30.1 Å². The molecule has 0 fully saturated rings. The molecule has 0 atom stereocenters. The van der Waals surface area contributed by atoms with E-state index in [1.54, 1.807) is 17.5 Å². The second kappa shape index (κ2) is 6.58. The minimum absolute atomic E-state index is 0.500. The molecular formula is C13H17N3OS. The van der Waals surface area contributed by atoms with E-state index in [4.69, 9.17) is 10.5 Å². The van der Waals surface area contributed by atoms with Crippen LogP contribution in [-0.4, -0.2) is 16.6 Å². The topological polar surface area (TPSA) is 61.0 Å². The first-order valence-corrected chi connectivity index (χ1v) is 6.78. The predicted molar refractivity (Wildman–Crippen MR) is 72.3 cm³/mol. The Hall–Kier alpha value is -1.30. The summed E-state index contributed by atoms with van der Waals surface area (Å²) in [6.45, 7) is 3.73. The SMILES string of the molecule is Cc1ncsc1CCOCc1ncccc1CN. The molecule has 5 heteroatoms. The summed E-state index contributed by atoms with van der Waals surface area (Å²) in [4.78, 5) is 9.79. The quantitative estimate of drug-likeness (QED) is 0.810. The molecule has 2 aromatic heterocycles. The van der Waals surface area contributed by atoms with Gasteiger partial charge in [0.15, 0.2) is 0 Å². The van der Waals surface area contributed by atoms with Crippen LogP contribution in [0.1, 0.15) is 21.8 Å². The lowest BCUT2D eigenvalue weighted by Gasteiger charge is -2.07. The fourth-order valence-corrected chi connectivity index (χ4v) is 2.45. The Kier molecular flexibility index (Phi) is 4.81. The lowest BCUT2D eigenvalue weighted by molar-refractivity contribution is 0.121. The summed E-state index contributed by atoms with van der Waals surface area (Å²) in [5.74, 6) is 0. The van der Waals surface area contributed by atoms with Gasteiger partial charge in [-0.1, -0.05) is 6.07 Å². The zero-order valence-electron chi connectivity index (χ0n) is 10.4. The minimum atomic E-state index is 0.500. The molecule has 0 aromatic carbocycles. The van der Waals surface area contributed by atoms with E-state index in [0.717, 1.165) is 23.4 Å². The lowest BCUT2D eigenvalue weighted by Crippen LogP contribution is -2.06. The zero-order valence-corrected chi connectivity index (χ0v) is 11.2. The number of hydrogen-bond donors (Lipinski definition) is 1. The van der Waals surface area contributed by atoms with Crippen molar-refractivity contribution in [2.24, 2.45) is 5.73 Å². The third-order valence-corrected chi connectivity index (χ3v) is 3.76. The molecule has 0 saturated carbocycles. The van der Waals surface area contributed by atoms with Crippen LogP contribution in [0.4, 0.5) is 0 Å². The molecule has 2 N–H and O–H groups in total. The third-order valence-electron chi connectivity index (χ3n) is 2.76. The largest absolute Gasteiger partial charge is 0.375 e. The monoisotopic (exact) mass is 263 g/mol. The first kappa shape index (κ1) is 13.1. The Balaban J connectivity index is 1.80. The van der Waals surface area contributed by atoms with E-state index in [1.807, 2.05) is 24.6 Å². The third kappa shape index (κ3) is 3.35. The molecule has 0 spiro atoms. The number of ether oxygens (including phenoxy) is 1. The van der Waals surface area contributed by atoms with E-state index < -0.39 is 0 Å². The van der Waals surface area contributed by atoms with Crippen LogP contribution in [0, 0.1) is 6.92 Å². The van der Waals surface area contributed by atoms with Gasteiger partial charge >= 0.3 is 0 Å². The van der Waals surface area contributed by atoms with E-state index in [-0.39, 0.29) is 0 Å². The number of pyridine rings is 1. The molecule has 4 nitrogen and oxygen atoms in total. The highest BCUT2D eigenvalue weighted by Gasteiger charge is 2.03. The minimum Gasteiger partial charge on any atom is -0.375 e. The summed E-state index contributed by atoms with van der Waals surface area (Å²) < 4.78 is 5.65. The Morgan fingerprint density at radius 3 is 3.00 bits per heavy atom. The highest BCUT2D eigenvalue weighted by Crippen LogP contribution is 2.13. The van der Waals surface area contributed by atoms with E-state index in [2.05, 4.69) is 9.97 Å². The van der Waals surface area contributed by atoms with Crippen molar-refractivity contribution in [1.29, 1.82) is 0 Å². The van der Waals surface area contributed by atoms with Gasteiger partial charge in [0.1, 0.15) is 0 Å². The molecule has 0 radical (unpaired) electrons. The van der Waals surface area contributed by atoms with E-state index in [9.17, 15) is 0 Å². The molecule has 0 aliphatic carbocycles. The number of aryl methyl sites for hydroxylation is 1. The van der Waals surface area contributed by atoms with Crippen molar-refractivity contribution in [3.8, 4) is 0 Å². The van der Waals surface area contributed by atoms with Crippen molar-refractivity contribution in [2.45, 2.75) is 26.5 Å². The number of thiazole rings is 1. The molecule has 0 amide bonds. The van der Waals surface area contributed by atoms with Crippen molar-refractivity contribution in [3.63, 3.8) is 0 Å². The molecule has 0 aliphatic heterocycles. The average Bonchev–Trinajstić information content (AvgIpc) is 2.81. The van der Waals surface area contributed by atoms with Crippen LogP contribution in [0.15, 0.2) is 23.8 Å². The fraction of sp³-hybridized carbons (Fsp3) is 0.385. The highest BCUT2D eigenvalue weighted by atomic mass is 32.1. The van der Waals surface area contributed by atoms with Crippen LogP contribution in [0.5, 0.6) is 0 Å². The van der Waals surface area contributed by atoms with Crippen LogP contribution in [0.2, 0.25) is 0 Å². The molecular weight excluding hydrogens is 246 g/mol. The van der Waals surface area contributed by atoms with Crippen LogP contribution in [0.25, 0.3) is 0 Å². The summed E-state index contributed by atoms with van der Waals surface area (Å²) in [7, 11) is 0. The number of aromatic nitrogens is 2. The maximum absolute atomic E-state index is 5.65. The average molecular weight is 263 g/mol. The zero-order chi connectivity index (χ0) is 12.8. The van der Waals surface area contributed by atoms with Gasteiger partial charge in [-0.15, -0.1) is 11.3 Å². The van der Waals surface area contributed by atoms with Crippen molar-refractivity contribution < 1.29 is 4.74 Å². The van der Waals surface area contributed by atoms with Gasteiger partial charge in [-0.2, -0.15) is 0 Å². The number of nitrogens with zero attached hydrogens (tertiary/aromatic N) is 2. The molecule has 2 aromatic rings. The molecule has 2 heterocycles. The Morgan fingerprint density at radius 2 is 2.28 bits per heavy atom. The molecule has 0 aliphatic rings. The van der Waals surface area contributed by atoms with Crippen molar-refractivity contribution >= 4 is 11.3 Å². The van der Waals surface area contributed by atoms with Gasteiger partial charge in [0, 0.05) is 24.0 Å². The predicted octanol–water partition coefficient (Wildman–Crippen LogP) is 2.06. The maximum Gasteiger partial charge on any atom is 0.0891 e. The van der Waals surface area contributed by atoms with E-state index in [0.29, 0.717) is 19.8 Å². The molecule has 96 valence electrons. The number of hydrogen-bond acceptors (Lipinski definition) is 5. The van der Waals surface area contributed by atoms with Crippen LogP contribution in [-0.2, 0) is 24.3 Å². The first-order chi connectivity index (χ1) is 8.81. The van der Waals surface area contributed by atoms with Crippen LogP contribution < -0.4 is 5.73 Å². The van der Waals surface area contributed by atoms with Crippen LogP contribution >= 0.6 is 11.3 Å². The Bertz CT molecular complexity index is 498. The van der Waals surface area contributed by atoms with Gasteiger partial charge < -0.3 is 10.5 Å². The molecule has 18 heavy (non-hydrogen) atoms. The summed E-state index contributed by atoms with van der Waals surface area (Å²) in [6.07, 6.45) is 2.67.